The van der Waals surface area contributed by atoms with Crippen LogP contribution in [0.2, 0.25) is 0 Å². The minimum absolute atomic E-state index is 0.0495. The molecule has 0 radical (unpaired) electrons. The zero-order valence-electron chi connectivity index (χ0n) is 17.6. The van der Waals surface area contributed by atoms with Crippen molar-refractivity contribution in [2.24, 2.45) is 0 Å². The average Bonchev–Trinajstić information content (AvgIpc) is 3.01. The van der Waals surface area contributed by atoms with Gasteiger partial charge in [0.2, 0.25) is 0 Å². The number of hydrogen-bond acceptors (Lipinski definition) is 6. The number of likely N-dealkylation sites (tertiary alicyclic amines) is 1. The van der Waals surface area contributed by atoms with Crippen LogP contribution in [-0.2, 0) is 9.59 Å². The number of nitrogens with zero attached hydrogens (tertiary/aromatic N) is 2. The fraction of sp³-hybridized carbons (Fsp3) is 0.304. The molecule has 0 unspecified atom stereocenters. The van der Waals surface area contributed by atoms with Gasteiger partial charge in [0.15, 0.2) is 0 Å². The number of Topliss-reactive ketones (excluding diaryl/α,β-unsaturated/α-hetero) is 1. The zero-order chi connectivity index (χ0) is 21.8. The van der Waals surface area contributed by atoms with Crippen molar-refractivity contribution in [3.63, 3.8) is 0 Å². The summed E-state index contributed by atoms with van der Waals surface area (Å²) in [5.41, 5.74) is 1.13. The smallest absolute Gasteiger partial charge is 0.295 e. The molecule has 0 saturated carbocycles. The molecule has 1 N–H and O–H groups in total. The second kappa shape index (κ2) is 9.00. The third-order valence-corrected chi connectivity index (χ3v) is 5.11. The van der Waals surface area contributed by atoms with Crippen molar-refractivity contribution in [1.82, 2.24) is 9.80 Å². The number of carbonyl (C=O) groups is 2. The Labute approximate surface area is 176 Å². The monoisotopic (exact) mass is 410 g/mol. The first kappa shape index (κ1) is 21.4. The number of ether oxygens (including phenoxy) is 2. The van der Waals surface area contributed by atoms with Gasteiger partial charge in [0, 0.05) is 30.3 Å². The number of carbonyl (C=O) groups excluding carboxylic acids is 2. The van der Waals surface area contributed by atoms with E-state index in [0.717, 1.165) is 0 Å². The molecule has 0 spiro atoms. The summed E-state index contributed by atoms with van der Waals surface area (Å²) < 4.78 is 10.8. The Balaban J connectivity index is 2.20. The van der Waals surface area contributed by atoms with Gasteiger partial charge in [-0.25, -0.2) is 0 Å². The summed E-state index contributed by atoms with van der Waals surface area (Å²) in [6.07, 6.45) is 0. The van der Waals surface area contributed by atoms with Gasteiger partial charge in [-0.05, 0) is 26.2 Å². The highest BCUT2D eigenvalue weighted by Gasteiger charge is 2.46. The lowest BCUT2D eigenvalue weighted by atomic mass is 9.94. The van der Waals surface area contributed by atoms with Crippen LogP contribution in [0.3, 0.4) is 0 Å². The highest BCUT2D eigenvalue weighted by atomic mass is 16.5. The molecule has 1 heterocycles. The summed E-state index contributed by atoms with van der Waals surface area (Å²) in [7, 11) is 6.85. The van der Waals surface area contributed by atoms with Crippen LogP contribution in [0.5, 0.6) is 11.5 Å². The van der Waals surface area contributed by atoms with Crippen LogP contribution in [0.15, 0.2) is 54.1 Å². The first-order chi connectivity index (χ1) is 14.4. The summed E-state index contributed by atoms with van der Waals surface area (Å²) >= 11 is 0. The number of amides is 1. The molecule has 7 heteroatoms. The molecular weight excluding hydrogens is 384 g/mol. The molecule has 0 aliphatic carbocycles. The molecule has 3 rings (SSSR count). The number of aliphatic hydroxyl groups is 1. The third-order valence-electron chi connectivity index (χ3n) is 5.11. The topological polar surface area (TPSA) is 79.3 Å². The Morgan fingerprint density at radius 3 is 2.37 bits per heavy atom. The normalized spacial score (nSPS) is 18.2. The molecule has 1 aliphatic rings. The number of hydrogen-bond donors (Lipinski definition) is 1. The number of ketones is 1. The minimum Gasteiger partial charge on any atom is -0.507 e. The van der Waals surface area contributed by atoms with E-state index >= 15 is 0 Å². The lowest BCUT2D eigenvalue weighted by Gasteiger charge is -2.27. The van der Waals surface area contributed by atoms with Crippen LogP contribution in [0, 0.1) is 0 Å². The second-order valence-corrected chi connectivity index (χ2v) is 7.27. The van der Waals surface area contributed by atoms with Crippen molar-refractivity contribution >= 4 is 17.4 Å². The number of likely N-dealkylation sites (N-methyl/N-ethyl adjacent to an activating group) is 1. The molecule has 2 aromatic carbocycles. The van der Waals surface area contributed by atoms with Gasteiger partial charge < -0.3 is 24.4 Å². The zero-order valence-corrected chi connectivity index (χ0v) is 17.6. The van der Waals surface area contributed by atoms with Crippen LogP contribution < -0.4 is 9.47 Å². The maximum absolute atomic E-state index is 13.0. The fourth-order valence-electron chi connectivity index (χ4n) is 3.54. The second-order valence-electron chi connectivity index (χ2n) is 7.27. The molecule has 30 heavy (non-hydrogen) atoms. The predicted octanol–water partition coefficient (Wildman–Crippen LogP) is 2.69. The van der Waals surface area contributed by atoms with E-state index in [1.807, 2.05) is 25.1 Å². The summed E-state index contributed by atoms with van der Waals surface area (Å²) in [5, 5.41) is 11.0. The van der Waals surface area contributed by atoms with Gasteiger partial charge >= 0.3 is 0 Å². The predicted molar refractivity (Wildman–Crippen MR) is 114 cm³/mol. The van der Waals surface area contributed by atoms with Gasteiger partial charge in [0.25, 0.3) is 11.7 Å². The number of methoxy groups -OCH3 is 2. The quantitative estimate of drug-likeness (QED) is 0.430. The minimum atomic E-state index is -0.772. The van der Waals surface area contributed by atoms with E-state index < -0.39 is 17.7 Å². The molecule has 2 aromatic rings. The maximum atomic E-state index is 13.0. The van der Waals surface area contributed by atoms with Crippen LogP contribution in [0.4, 0.5) is 0 Å². The molecular formula is C23H26N2O5. The van der Waals surface area contributed by atoms with Crippen molar-refractivity contribution in [1.29, 1.82) is 0 Å². The summed E-state index contributed by atoms with van der Waals surface area (Å²) in [6.45, 7) is 0.885. The van der Waals surface area contributed by atoms with Crippen molar-refractivity contribution in [3.8, 4) is 11.5 Å². The van der Waals surface area contributed by atoms with E-state index in [1.165, 1.54) is 12.0 Å². The standard InChI is InChI=1S/C23H26N2O5/c1-24(2)12-13-25-20(17-11-10-16(29-3)14-18(17)30-4)19(22(27)23(25)28)21(26)15-8-6-5-7-9-15/h5-11,14,20,26H,12-13H2,1-4H3/b21-19+/t20-/m1/s1. The Morgan fingerprint density at radius 2 is 1.77 bits per heavy atom. The molecule has 1 atom stereocenters. The van der Waals surface area contributed by atoms with Gasteiger partial charge in [0.1, 0.15) is 17.3 Å². The van der Waals surface area contributed by atoms with E-state index in [1.54, 1.807) is 49.6 Å². The van der Waals surface area contributed by atoms with E-state index in [9.17, 15) is 14.7 Å². The van der Waals surface area contributed by atoms with Crippen LogP contribution >= 0.6 is 0 Å². The average molecular weight is 410 g/mol. The molecule has 158 valence electrons. The first-order valence-electron chi connectivity index (χ1n) is 9.59. The van der Waals surface area contributed by atoms with Gasteiger partial charge in [0.05, 0.1) is 25.8 Å². The van der Waals surface area contributed by atoms with Gasteiger partial charge in [-0.1, -0.05) is 30.3 Å². The van der Waals surface area contributed by atoms with E-state index in [-0.39, 0.29) is 11.3 Å². The Kier molecular flexibility index (Phi) is 6.42. The fourth-order valence-corrected chi connectivity index (χ4v) is 3.54. The Morgan fingerprint density at radius 1 is 1.07 bits per heavy atom. The number of aliphatic hydroxyl groups excluding tert-OH is 1. The van der Waals surface area contributed by atoms with Crippen molar-refractivity contribution < 1.29 is 24.2 Å². The van der Waals surface area contributed by atoms with E-state index in [0.29, 0.717) is 35.7 Å². The lowest BCUT2D eigenvalue weighted by molar-refractivity contribution is -0.140. The molecule has 1 amide bonds. The largest absolute Gasteiger partial charge is 0.507 e. The maximum Gasteiger partial charge on any atom is 0.295 e. The third kappa shape index (κ3) is 4.02. The molecule has 1 aliphatic heterocycles. The first-order valence-corrected chi connectivity index (χ1v) is 9.59. The molecule has 0 bridgehead atoms. The SMILES string of the molecule is COc1ccc([C@@H]2/C(=C(\O)c3ccccc3)C(=O)C(=O)N2CCN(C)C)c(OC)c1. The summed E-state index contributed by atoms with van der Waals surface area (Å²) in [4.78, 5) is 29.3. The number of rotatable bonds is 7. The van der Waals surface area contributed by atoms with Crippen LogP contribution in [-0.4, -0.2) is 68.0 Å². The van der Waals surface area contributed by atoms with Gasteiger partial charge in [-0.3, -0.25) is 9.59 Å². The molecule has 0 aromatic heterocycles. The van der Waals surface area contributed by atoms with Gasteiger partial charge in [-0.15, -0.1) is 0 Å². The highest BCUT2D eigenvalue weighted by Crippen LogP contribution is 2.43. The lowest BCUT2D eigenvalue weighted by Crippen LogP contribution is -2.35. The van der Waals surface area contributed by atoms with E-state index in [2.05, 4.69) is 0 Å². The Hall–Kier alpha value is -3.32. The molecule has 1 saturated heterocycles. The van der Waals surface area contributed by atoms with Crippen molar-refractivity contribution in [2.75, 3.05) is 41.4 Å². The van der Waals surface area contributed by atoms with Crippen molar-refractivity contribution in [3.05, 3.63) is 65.2 Å². The van der Waals surface area contributed by atoms with Crippen LogP contribution in [0.1, 0.15) is 17.2 Å². The highest BCUT2D eigenvalue weighted by molar-refractivity contribution is 6.46. The van der Waals surface area contributed by atoms with Gasteiger partial charge in [-0.2, -0.15) is 0 Å². The Bertz CT molecular complexity index is 969. The summed E-state index contributed by atoms with van der Waals surface area (Å²) in [5.74, 6) is -0.502. The van der Waals surface area contributed by atoms with Crippen molar-refractivity contribution in [2.45, 2.75) is 6.04 Å². The molecule has 1 fully saturated rings. The molecule has 7 nitrogen and oxygen atoms in total. The van der Waals surface area contributed by atoms with Crippen LogP contribution in [0.25, 0.3) is 5.76 Å². The van der Waals surface area contributed by atoms with E-state index in [4.69, 9.17) is 9.47 Å². The number of benzene rings is 2. The summed E-state index contributed by atoms with van der Waals surface area (Å²) in [6, 6.07) is 13.2.